The first-order chi connectivity index (χ1) is 6.61. The summed E-state index contributed by atoms with van der Waals surface area (Å²) in [5, 5.41) is 8.94. The second kappa shape index (κ2) is 6.72. The van der Waals surface area contributed by atoms with Gasteiger partial charge in [-0.25, -0.2) is 4.79 Å². The van der Waals surface area contributed by atoms with Gasteiger partial charge in [0.05, 0.1) is 0 Å². The number of rotatable bonds is 6. The molecular weight excluding hydrogens is 196 g/mol. The molecule has 78 valence electrons. The van der Waals surface area contributed by atoms with Crippen LogP contribution < -0.4 is 0 Å². The third-order valence-corrected chi connectivity index (χ3v) is 1.24. The van der Waals surface area contributed by atoms with Crippen molar-refractivity contribution in [3.63, 3.8) is 0 Å². The summed E-state index contributed by atoms with van der Waals surface area (Å²) in [4.78, 5) is 40.5. The van der Waals surface area contributed by atoms with Gasteiger partial charge in [0.1, 0.15) is 0 Å². The molecule has 0 aromatic heterocycles. The van der Waals surface area contributed by atoms with Crippen LogP contribution in [0.1, 0.15) is 12.8 Å². The number of esters is 2. The molecule has 0 aliphatic rings. The smallest absolute Gasteiger partial charge is 0.342 e. The second-order valence-corrected chi connectivity index (χ2v) is 2.17. The Balaban J connectivity index is 3.77. The molecule has 14 heavy (non-hydrogen) atoms. The van der Waals surface area contributed by atoms with Crippen LogP contribution >= 0.6 is 0 Å². The zero-order chi connectivity index (χ0) is 11.0. The average molecular weight is 204 g/mol. The Morgan fingerprint density at radius 3 is 2.29 bits per heavy atom. The zero-order valence-electron chi connectivity index (χ0n) is 7.04. The van der Waals surface area contributed by atoms with E-state index in [1.807, 2.05) is 0 Å². The van der Waals surface area contributed by atoms with E-state index in [4.69, 9.17) is 5.11 Å². The highest BCUT2D eigenvalue weighted by Crippen LogP contribution is 2.00. The van der Waals surface area contributed by atoms with Crippen LogP contribution in [0.25, 0.3) is 0 Å². The number of ether oxygens (including phenoxy) is 2. The van der Waals surface area contributed by atoms with Gasteiger partial charge in [0.25, 0.3) is 0 Å². The van der Waals surface area contributed by atoms with E-state index >= 15 is 0 Å². The fourth-order valence-corrected chi connectivity index (χ4v) is 0.611. The molecule has 1 atom stereocenters. The Hall–Kier alpha value is -1.76. The van der Waals surface area contributed by atoms with E-state index in [2.05, 4.69) is 9.47 Å². The third-order valence-electron chi connectivity index (χ3n) is 1.24. The molecule has 0 bridgehead atoms. The van der Waals surface area contributed by atoms with Gasteiger partial charge in [0.2, 0.25) is 0 Å². The summed E-state index contributed by atoms with van der Waals surface area (Å²) < 4.78 is 7.68. The maximum Gasteiger partial charge on any atom is 0.342 e. The van der Waals surface area contributed by atoms with Gasteiger partial charge in [-0.1, -0.05) is 0 Å². The number of hydrogen-bond donors (Lipinski definition) is 1. The van der Waals surface area contributed by atoms with Gasteiger partial charge >= 0.3 is 24.9 Å². The largest absolute Gasteiger partial charge is 0.395 e. The van der Waals surface area contributed by atoms with E-state index in [1.54, 1.807) is 0 Å². The van der Waals surface area contributed by atoms with E-state index in [1.165, 1.54) is 0 Å². The molecule has 0 aromatic rings. The first kappa shape index (κ1) is 12.2. The van der Waals surface area contributed by atoms with Gasteiger partial charge in [-0.15, -0.1) is 0 Å². The second-order valence-electron chi connectivity index (χ2n) is 2.17. The number of carbonyl (C=O) groups is 4. The van der Waals surface area contributed by atoms with Gasteiger partial charge in [-0.05, 0) is 6.42 Å². The minimum absolute atomic E-state index is 0.0571. The Morgan fingerprint density at radius 2 is 1.79 bits per heavy atom. The van der Waals surface area contributed by atoms with Crippen molar-refractivity contribution in [2.24, 2.45) is 0 Å². The fourth-order valence-electron chi connectivity index (χ4n) is 0.611. The SMILES string of the molecule is O=COC(=O)CC[C@H](O)C(=O)OC=O. The summed E-state index contributed by atoms with van der Waals surface area (Å²) in [5.41, 5.74) is 0. The van der Waals surface area contributed by atoms with Crippen LogP contribution in [0.5, 0.6) is 0 Å². The summed E-state index contributed by atoms with van der Waals surface area (Å²) in [6, 6.07) is 0. The van der Waals surface area contributed by atoms with Crippen molar-refractivity contribution in [2.45, 2.75) is 18.9 Å². The summed E-state index contributed by atoms with van der Waals surface area (Å²) in [6.07, 6.45) is -2.19. The molecule has 0 fully saturated rings. The maximum atomic E-state index is 10.6. The van der Waals surface area contributed by atoms with Gasteiger partial charge in [-0.3, -0.25) is 14.4 Å². The van der Waals surface area contributed by atoms with Crippen molar-refractivity contribution < 1.29 is 33.8 Å². The highest BCUT2D eigenvalue weighted by molar-refractivity contribution is 5.81. The number of hydrogen-bond acceptors (Lipinski definition) is 7. The van der Waals surface area contributed by atoms with Crippen LogP contribution in [0.4, 0.5) is 0 Å². The first-order valence-corrected chi connectivity index (χ1v) is 3.57. The molecule has 0 aromatic carbocycles. The Morgan fingerprint density at radius 1 is 1.21 bits per heavy atom. The van der Waals surface area contributed by atoms with Crippen molar-refractivity contribution in [3.8, 4) is 0 Å². The van der Waals surface area contributed by atoms with E-state index in [0.29, 0.717) is 0 Å². The maximum absolute atomic E-state index is 10.6. The summed E-state index contributed by atoms with van der Waals surface area (Å²) in [6.45, 7) is -0.187. The molecule has 0 heterocycles. The van der Waals surface area contributed by atoms with E-state index in [0.717, 1.165) is 0 Å². The summed E-state index contributed by atoms with van der Waals surface area (Å²) in [5.74, 6) is -2.03. The Bertz CT molecular complexity index is 234. The quantitative estimate of drug-likeness (QED) is 0.319. The number of aliphatic hydroxyl groups excluding tert-OH is 1. The van der Waals surface area contributed by atoms with Gasteiger partial charge in [-0.2, -0.15) is 0 Å². The van der Waals surface area contributed by atoms with Gasteiger partial charge in [0, 0.05) is 6.42 Å². The lowest BCUT2D eigenvalue weighted by atomic mass is 10.2. The predicted octanol–water partition coefficient (Wildman–Crippen LogP) is -1.47. The van der Waals surface area contributed by atoms with Crippen LogP contribution in [0.2, 0.25) is 0 Å². The first-order valence-electron chi connectivity index (χ1n) is 3.57. The molecule has 7 heteroatoms. The average Bonchev–Trinajstić information content (AvgIpc) is 2.15. The van der Waals surface area contributed by atoms with E-state index in [-0.39, 0.29) is 25.8 Å². The number of carbonyl (C=O) groups excluding carboxylic acids is 4. The third kappa shape index (κ3) is 4.99. The van der Waals surface area contributed by atoms with Crippen molar-refractivity contribution in [1.29, 1.82) is 0 Å². The normalized spacial score (nSPS) is 11.2. The van der Waals surface area contributed by atoms with E-state index < -0.39 is 18.0 Å². The molecule has 0 radical (unpaired) electrons. The predicted molar refractivity (Wildman–Crippen MR) is 39.6 cm³/mol. The molecule has 0 spiro atoms. The monoisotopic (exact) mass is 204 g/mol. The molecule has 0 aliphatic carbocycles. The van der Waals surface area contributed by atoms with Crippen molar-refractivity contribution >= 4 is 24.9 Å². The fraction of sp³-hybridized carbons (Fsp3) is 0.429. The van der Waals surface area contributed by atoms with Gasteiger partial charge in [0.15, 0.2) is 6.10 Å². The van der Waals surface area contributed by atoms with Crippen molar-refractivity contribution in [2.75, 3.05) is 0 Å². The van der Waals surface area contributed by atoms with Crippen LogP contribution in [0.15, 0.2) is 0 Å². The van der Waals surface area contributed by atoms with Crippen LogP contribution in [-0.2, 0) is 28.7 Å². The van der Waals surface area contributed by atoms with Crippen LogP contribution in [0.3, 0.4) is 0 Å². The molecule has 0 unspecified atom stereocenters. The topological polar surface area (TPSA) is 107 Å². The van der Waals surface area contributed by atoms with E-state index in [9.17, 15) is 19.2 Å². The molecular formula is C7H8O7. The number of aliphatic hydroxyl groups is 1. The molecule has 0 rings (SSSR count). The Labute approximate surface area is 78.6 Å². The van der Waals surface area contributed by atoms with Crippen molar-refractivity contribution in [3.05, 3.63) is 0 Å². The molecule has 0 aliphatic heterocycles. The molecule has 1 N–H and O–H groups in total. The molecule has 0 saturated carbocycles. The van der Waals surface area contributed by atoms with Crippen LogP contribution in [-0.4, -0.2) is 36.1 Å². The summed E-state index contributed by atoms with van der Waals surface area (Å²) in [7, 11) is 0. The minimum atomic E-state index is -1.58. The van der Waals surface area contributed by atoms with Crippen LogP contribution in [0, 0.1) is 0 Å². The lowest BCUT2D eigenvalue weighted by molar-refractivity contribution is -0.159. The Kier molecular flexibility index (Phi) is 5.88. The minimum Gasteiger partial charge on any atom is -0.395 e. The lowest BCUT2D eigenvalue weighted by Crippen LogP contribution is -2.23. The zero-order valence-corrected chi connectivity index (χ0v) is 7.04. The highest BCUT2D eigenvalue weighted by Gasteiger charge is 2.18. The van der Waals surface area contributed by atoms with Gasteiger partial charge < -0.3 is 14.6 Å². The van der Waals surface area contributed by atoms with Crippen molar-refractivity contribution in [1.82, 2.24) is 0 Å². The molecule has 7 nitrogen and oxygen atoms in total. The molecule has 0 amide bonds. The summed E-state index contributed by atoms with van der Waals surface area (Å²) >= 11 is 0. The highest BCUT2D eigenvalue weighted by atomic mass is 16.6. The molecule has 0 saturated heterocycles. The lowest BCUT2D eigenvalue weighted by Gasteiger charge is -2.04. The standard InChI is InChI=1S/C7H8O7/c8-3-13-6(11)2-1-5(10)7(12)14-4-9/h3-5,10H,1-2H2/t5-/m0/s1.